The normalized spacial score (nSPS) is 12.5. The Bertz CT molecular complexity index is 531. The third kappa shape index (κ3) is 3.64. The number of nitrogens with zero attached hydrogens (tertiary/aromatic N) is 1. The topological polar surface area (TPSA) is 88.5 Å². The Morgan fingerprint density at radius 1 is 1.56 bits per heavy atom. The fraction of sp³-hybridized carbons (Fsp3) is 0.500. The molecule has 18 heavy (non-hydrogen) atoms. The van der Waals surface area contributed by atoms with Crippen LogP contribution in [0.25, 0.3) is 0 Å². The Hall–Kier alpha value is -0.700. The number of halogens is 1. The summed E-state index contributed by atoms with van der Waals surface area (Å²) in [6, 6.07) is 1.39. The number of aliphatic hydroxyl groups is 1. The Kier molecular flexibility index (Phi) is 4.71. The molecule has 8 heteroatoms. The number of nitrogens with one attached hydrogen (secondary N) is 1. The maximum absolute atomic E-state index is 12.0. The predicted molar refractivity (Wildman–Crippen MR) is 70.0 cm³/mol. The molecule has 1 heterocycles. The van der Waals surface area contributed by atoms with Crippen LogP contribution < -0.4 is 9.46 Å². The molecule has 1 aromatic heterocycles. The molecule has 0 radical (unpaired) electrons. The van der Waals surface area contributed by atoms with Crippen LogP contribution in [0.4, 0.5) is 0 Å². The van der Waals surface area contributed by atoms with E-state index in [-0.39, 0.29) is 11.5 Å². The van der Waals surface area contributed by atoms with Crippen LogP contribution >= 0.6 is 15.9 Å². The van der Waals surface area contributed by atoms with Crippen LogP contribution in [-0.4, -0.2) is 37.8 Å². The largest absolute Gasteiger partial charge is 0.480 e. The third-order valence-corrected chi connectivity index (χ3v) is 4.33. The summed E-state index contributed by atoms with van der Waals surface area (Å²) in [4.78, 5) is 3.87. The Labute approximate surface area is 115 Å². The zero-order valence-corrected chi connectivity index (χ0v) is 12.7. The van der Waals surface area contributed by atoms with Crippen molar-refractivity contribution in [2.24, 2.45) is 0 Å². The highest BCUT2D eigenvalue weighted by atomic mass is 79.9. The highest BCUT2D eigenvalue weighted by molar-refractivity contribution is 9.10. The van der Waals surface area contributed by atoms with Gasteiger partial charge in [-0.05, 0) is 35.8 Å². The van der Waals surface area contributed by atoms with Crippen LogP contribution in [0.15, 0.2) is 21.6 Å². The second-order valence-electron chi connectivity index (χ2n) is 4.31. The quantitative estimate of drug-likeness (QED) is 0.832. The molecule has 0 bridgehead atoms. The van der Waals surface area contributed by atoms with Crippen LogP contribution in [0.1, 0.15) is 13.8 Å². The van der Waals surface area contributed by atoms with Crippen molar-refractivity contribution in [3.63, 3.8) is 0 Å². The van der Waals surface area contributed by atoms with Gasteiger partial charge >= 0.3 is 0 Å². The summed E-state index contributed by atoms with van der Waals surface area (Å²) < 4.78 is 31.8. The van der Waals surface area contributed by atoms with Gasteiger partial charge in [0.2, 0.25) is 15.9 Å². The van der Waals surface area contributed by atoms with Crippen molar-refractivity contribution in [2.45, 2.75) is 24.3 Å². The van der Waals surface area contributed by atoms with Crippen LogP contribution in [0.3, 0.4) is 0 Å². The van der Waals surface area contributed by atoms with Gasteiger partial charge in [-0.25, -0.2) is 18.1 Å². The second-order valence-corrected chi connectivity index (χ2v) is 6.85. The summed E-state index contributed by atoms with van der Waals surface area (Å²) in [5.74, 6) is 0.301. The first-order valence-electron chi connectivity index (χ1n) is 5.06. The highest BCUT2D eigenvalue weighted by Gasteiger charge is 2.26. The molecule has 0 fully saturated rings. The molecule has 1 rings (SSSR count). The van der Waals surface area contributed by atoms with E-state index in [0.29, 0.717) is 10.4 Å². The number of hydrogen-bond donors (Lipinski definition) is 2. The van der Waals surface area contributed by atoms with Crippen LogP contribution in [0, 0.1) is 0 Å². The molecule has 0 aromatic carbocycles. The van der Waals surface area contributed by atoms with Crippen molar-refractivity contribution in [3.05, 3.63) is 16.7 Å². The van der Waals surface area contributed by atoms with Gasteiger partial charge < -0.3 is 9.84 Å². The number of rotatable bonds is 5. The standard InChI is InChI=1S/C10H15BrN2O4S/c1-10(2,6-14)13-18(15,16)7-4-8(11)9(17-3)12-5-7/h4-5,13-14H,6H2,1-3H3. The Morgan fingerprint density at radius 3 is 2.61 bits per heavy atom. The van der Waals surface area contributed by atoms with Crippen molar-refractivity contribution in [2.75, 3.05) is 13.7 Å². The summed E-state index contributed by atoms with van der Waals surface area (Å²) in [5.41, 5.74) is -0.939. The predicted octanol–water partition coefficient (Wildman–Crippen LogP) is 0.902. The summed E-state index contributed by atoms with van der Waals surface area (Å²) in [7, 11) is -2.30. The lowest BCUT2D eigenvalue weighted by Gasteiger charge is -2.23. The molecular formula is C10H15BrN2O4S. The van der Waals surface area contributed by atoms with E-state index >= 15 is 0 Å². The molecule has 6 nitrogen and oxygen atoms in total. The maximum Gasteiger partial charge on any atom is 0.242 e. The first-order chi connectivity index (χ1) is 8.22. The smallest absolute Gasteiger partial charge is 0.242 e. The molecule has 0 unspecified atom stereocenters. The van der Waals surface area contributed by atoms with Crippen LogP contribution in [0.2, 0.25) is 0 Å². The lowest BCUT2D eigenvalue weighted by Crippen LogP contribution is -2.46. The van der Waals surface area contributed by atoms with E-state index in [1.165, 1.54) is 19.4 Å². The average Bonchev–Trinajstić information content (AvgIpc) is 2.27. The molecular weight excluding hydrogens is 324 g/mol. The summed E-state index contributed by atoms with van der Waals surface area (Å²) in [6.07, 6.45) is 1.19. The van der Waals surface area contributed by atoms with Gasteiger partial charge in [0, 0.05) is 0 Å². The number of aromatic nitrogens is 1. The molecule has 0 aliphatic carbocycles. The van der Waals surface area contributed by atoms with Crippen molar-refractivity contribution >= 4 is 26.0 Å². The van der Waals surface area contributed by atoms with E-state index in [0.717, 1.165) is 0 Å². The minimum absolute atomic E-state index is 0.00306. The Balaban J connectivity index is 3.10. The van der Waals surface area contributed by atoms with E-state index in [2.05, 4.69) is 25.6 Å². The maximum atomic E-state index is 12.0. The first-order valence-corrected chi connectivity index (χ1v) is 7.34. The lowest BCUT2D eigenvalue weighted by molar-refractivity contribution is 0.208. The van der Waals surface area contributed by atoms with Gasteiger partial charge in [-0.15, -0.1) is 0 Å². The number of hydrogen-bond acceptors (Lipinski definition) is 5. The highest BCUT2D eigenvalue weighted by Crippen LogP contribution is 2.25. The van der Waals surface area contributed by atoms with Gasteiger partial charge in [0.1, 0.15) is 4.90 Å². The van der Waals surface area contributed by atoms with E-state index in [9.17, 15) is 8.42 Å². The molecule has 2 N–H and O–H groups in total. The molecule has 0 saturated carbocycles. The van der Waals surface area contributed by atoms with Gasteiger partial charge in [0.05, 0.1) is 29.9 Å². The van der Waals surface area contributed by atoms with E-state index in [1.54, 1.807) is 13.8 Å². The van der Waals surface area contributed by atoms with Gasteiger partial charge in [0.25, 0.3) is 0 Å². The summed E-state index contributed by atoms with van der Waals surface area (Å²) in [5, 5.41) is 9.07. The van der Waals surface area contributed by atoms with Crippen LogP contribution in [-0.2, 0) is 10.0 Å². The molecule has 102 valence electrons. The van der Waals surface area contributed by atoms with Crippen molar-refractivity contribution in [1.82, 2.24) is 9.71 Å². The van der Waals surface area contributed by atoms with Crippen molar-refractivity contribution in [1.29, 1.82) is 0 Å². The second kappa shape index (κ2) is 5.52. The minimum Gasteiger partial charge on any atom is -0.480 e. The lowest BCUT2D eigenvalue weighted by atomic mass is 10.1. The average molecular weight is 339 g/mol. The molecule has 0 atom stereocenters. The molecule has 1 aromatic rings. The monoisotopic (exact) mass is 338 g/mol. The molecule has 0 saturated heterocycles. The number of ether oxygens (including phenoxy) is 1. The van der Waals surface area contributed by atoms with Gasteiger partial charge in [0.15, 0.2) is 0 Å². The summed E-state index contributed by atoms with van der Waals surface area (Å²) >= 11 is 3.17. The number of methoxy groups -OCH3 is 1. The van der Waals surface area contributed by atoms with E-state index in [4.69, 9.17) is 9.84 Å². The first kappa shape index (κ1) is 15.4. The fourth-order valence-corrected chi connectivity index (χ4v) is 3.20. The minimum atomic E-state index is -3.74. The van der Waals surface area contributed by atoms with Crippen molar-refractivity contribution < 1.29 is 18.3 Å². The SMILES string of the molecule is COc1ncc(S(=O)(=O)NC(C)(C)CO)cc1Br. The number of sulfonamides is 1. The zero-order valence-electron chi connectivity index (χ0n) is 10.3. The molecule has 0 spiro atoms. The number of aliphatic hydroxyl groups excluding tert-OH is 1. The van der Waals surface area contributed by atoms with Gasteiger partial charge in [-0.3, -0.25) is 0 Å². The molecule has 0 amide bonds. The Morgan fingerprint density at radius 2 is 2.17 bits per heavy atom. The molecule has 0 aliphatic heterocycles. The van der Waals surface area contributed by atoms with Gasteiger partial charge in [-0.2, -0.15) is 0 Å². The van der Waals surface area contributed by atoms with E-state index in [1.807, 2.05) is 0 Å². The van der Waals surface area contributed by atoms with E-state index < -0.39 is 15.6 Å². The van der Waals surface area contributed by atoms with Crippen LogP contribution in [0.5, 0.6) is 5.88 Å². The molecule has 0 aliphatic rings. The van der Waals surface area contributed by atoms with Gasteiger partial charge in [-0.1, -0.05) is 0 Å². The summed E-state index contributed by atoms with van der Waals surface area (Å²) in [6.45, 7) is 2.85. The third-order valence-electron chi connectivity index (χ3n) is 2.09. The zero-order chi connectivity index (χ0) is 14.0. The van der Waals surface area contributed by atoms with Crippen molar-refractivity contribution in [3.8, 4) is 5.88 Å². The number of pyridine rings is 1. The fourth-order valence-electron chi connectivity index (χ4n) is 1.16.